The van der Waals surface area contributed by atoms with Crippen molar-refractivity contribution in [2.24, 2.45) is 11.8 Å². The van der Waals surface area contributed by atoms with Crippen molar-refractivity contribution in [3.05, 3.63) is 321 Å². The van der Waals surface area contributed by atoms with E-state index in [2.05, 4.69) is 202 Å². The van der Waals surface area contributed by atoms with E-state index in [1.165, 1.54) is 55.9 Å². The van der Waals surface area contributed by atoms with Gasteiger partial charge in [-0.1, -0.05) is 229 Å². The second-order valence-corrected chi connectivity index (χ2v) is 23.3. The van der Waals surface area contributed by atoms with Gasteiger partial charge < -0.3 is 19.8 Å². The van der Waals surface area contributed by atoms with Crippen LogP contribution >= 0.6 is 23.2 Å². The van der Waals surface area contributed by atoms with Crippen LogP contribution in [0, 0.1) is 11.8 Å². The molecular weight excluding hydrogens is 1080 g/mol. The molecule has 10 aromatic rings. The van der Waals surface area contributed by atoms with Crippen LogP contribution in [0.3, 0.4) is 0 Å². The number of fused-ring (bicyclic) bond motifs is 2. The number of nitrogens with zero attached hydrogens (tertiary/aromatic N) is 4. The number of halogens is 2. The summed E-state index contributed by atoms with van der Waals surface area (Å²) in [6.45, 7) is 1.37. The molecular formula is C74H72Cl2N6O2. The first-order chi connectivity index (χ1) is 41.3. The van der Waals surface area contributed by atoms with Gasteiger partial charge in [0.25, 0.3) is 0 Å². The van der Waals surface area contributed by atoms with E-state index in [9.17, 15) is 9.59 Å². The van der Waals surface area contributed by atoms with E-state index in [4.69, 9.17) is 33.2 Å². The Morgan fingerprint density at radius 1 is 0.417 bits per heavy atom. The number of carbonyl (C=O) groups excluding carboxylic acids is 2. The van der Waals surface area contributed by atoms with Crippen LogP contribution in [0.15, 0.2) is 243 Å². The van der Waals surface area contributed by atoms with Crippen molar-refractivity contribution in [2.45, 2.75) is 88.1 Å². The summed E-state index contributed by atoms with van der Waals surface area (Å²) in [7, 11) is 0. The molecule has 10 heteroatoms. The second kappa shape index (κ2) is 27.4. The lowest BCUT2D eigenvalue weighted by Gasteiger charge is -2.39. The number of nitrogens with one attached hydrogen (secondary N) is 2. The lowest BCUT2D eigenvalue weighted by Crippen LogP contribution is -2.40. The Bertz CT molecular complexity index is 3500. The van der Waals surface area contributed by atoms with Crippen LogP contribution in [0.4, 0.5) is 0 Å². The van der Waals surface area contributed by atoms with Gasteiger partial charge in [0.2, 0.25) is 11.8 Å². The molecule has 2 unspecified atom stereocenters. The molecule has 12 rings (SSSR count). The molecule has 2 N–H and O–H groups in total. The number of benzene rings is 8. The summed E-state index contributed by atoms with van der Waals surface area (Å²) in [5.41, 5.74) is 13.3. The molecule has 2 amide bonds. The van der Waals surface area contributed by atoms with Crippen LogP contribution in [-0.4, -0.2) is 44.0 Å². The van der Waals surface area contributed by atoms with Crippen LogP contribution in [0.5, 0.6) is 0 Å². The standard InChI is InChI=1S/2C37H36ClN3O/c38-33-22-19-28(20-23-33)11-10-18-36(42)39-26-29-21-24-35-34(25-29)40-27-41(35)37(30-12-4-1-5-13-30,31-14-6-2-7-15-31)32-16-8-3-9-17-32;38-33-22-19-28(20-23-33)11-10-18-36(42)39-26-29-21-24-34-35(25-29)41(27-40-34)37(30-12-4-1-5-13-30,31-14-6-2-7-15-31)32-16-8-3-9-17-32/h2*1-9,12-17,19-20,22-23,27,29H,10-11,18,21,24-26H2,(H,39,42). The molecule has 0 bridgehead atoms. The van der Waals surface area contributed by atoms with Gasteiger partial charge in [-0.2, -0.15) is 0 Å². The van der Waals surface area contributed by atoms with Crippen LogP contribution in [0.1, 0.15) is 106 Å². The van der Waals surface area contributed by atoms with Gasteiger partial charge in [-0.15, -0.1) is 0 Å². The van der Waals surface area contributed by atoms with Crippen LogP contribution in [-0.2, 0) is 59.2 Å². The van der Waals surface area contributed by atoms with E-state index >= 15 is 0 Å². The minimum Gasteiger partial charge on any atom is -0.356 e. The summed E-state index contributed by atoms with van der Waals surface area (Å²) in [5.74, 6) is 0.973. The van der Waals surface area contributed by atoms with Gasteiger partial charge in [-0.3, -0.25) is 9.59 Å². The average molecular weight is 1150 g/mol. The monoisotopic (exact) mass is 1150 g/mol. The fourth-order valence-electron chi connectivity index (χ4n) is 12.9. The predicted octanol–water partition coefficient (Wildman–Crippen LogP) is 15.2. The molecule has 0 radical (unpaired) electrons. The Hall–Kier alpha value is -8.30. The third kappa shape index (κ3) is 12.9. The van der Waals surface area contributed by atoms with Gasteiger partial charge in [0, 0.05) is 47.4 Å². The molecule has 0 aliphatic heterocycles. The molecule has 2 aromatic heterocycles. The molecule has 8 nitrogen and oxygen atoms in total. The highest BCUT2D eigenvalue weighted by Gasteiger charge is 2.43. The van der Waals surface area contributed by atoms with Crippen LogP contribution in [0.25, 0.3) is 0 Å². The van der Waals surface area contributed by atoms with Crippen molar-refractivity contribution < 1.29 is 9.59 Å². The Morgan fingerprint density at radius 2 is 0.750 bits per heavy atom. The Labute approximate surface area is 505 Å². The van der Waals surface area contributed by atoms with Crippen molar-refractivity contribution in [1.29, 1.82) is 0 Å². The summed E-state index contributed by atoms with van der Waals surface area (Å²) < 4.78 is 4.82. The predicted molar refractivity (Wildman–Crippen MR) is 339 cm³/mol. The molecule has 424 valence electrons. The van der Waals surface area contributed by atoms with E-state index in [-0.39, 0.29) is 11.8 Å². The fraction of sp³-hybridized carbons (Fsp3) is 0.243. The third-order valence-electron chi connectivity index (χ3n) is 17.1. The van der Waals surface area contributed by atoms with Gasteiger partial charge in [0.05, 0.1) is 24.0 Å². The van der Waals surface area contributed by atoms with E-state index < -0.39 is 11.1 Å². The molecule has 8 aromatic carbocycles. The number of aryl methyl sites for hydroxylation is 3. The van der Waals surface area contributed by atoms with Gasteiger partial charge in [-0.05, 0) is 145 Å². The molecule has 2 aliphatic carbocycles. The van der Waals surface area contributed by atoms with E-state index in [0.717, 1.165) is 85.6 Å². The summed E-state index contributed by atoms with van der Waals surface area (Å²) in [6, 6.07) is 80.2. The second-order valence-electron chi connectivity index (χ2n) is 22.4. The fourth-order valence-corrected chi connectivity index (χ4v) is 13.1. The molecule has 0 spiro atoms. The van der Waals surface area contributed by atoms with E-state index in [1.54, 1.807) is 0 Å². The number of amides is 2. The minimum absolute atomic E-state index is 0.121. The first-order valence-electron chi connectivity index (χ1n) is 29.8. The molecule has 2 aliphatic rings. The van der Waals surface area contributed by atoms with Crippen molar-refractivity contribution in [3.63, 3.8) is 0 Å². The smallest absolute Gasteiger partial charge is 0.220 e. The quantitative estimate of drug-likeness (QED) is 0.0744. The van der Waals surface area contributed by atoms with Crippen LogP contribution < -0.4 is 10.6 Å². The molecule has 2 heterocycles. The highest BCUT2D eigenvalue weighted by molar-refractivity contribution is 6.30. The van der Waals surface area contributed by atoms with Crippen molar-refractivity contribution in [2.75, 3.05) is 13.1 Å². The number of rotatable bonds is 20. The maximum Gasteiger partial charge on any atom is 0.220 e. The first-order valence-corrected chi connectivity index (χ1v) is 30.5. The minimum atomic E-state index is -0.572. The number of imidazole rings is 2. The lowest BCUT2D eigenvalue weighted by molar-refractivity contribution is -0.122. The lowest BCUT2D eigenvalue weighted by atomic mass is 9.76. The number of hydrogen-bond acceptors (Lipinski definition) is 4. The Morgan fingerprint density at radius 3 is 1.13 bits per heavy atom. The maximum atomic E-state index is 12.8. The number of carbonyl (C=O) groups is 2. The molecule has 0 saturated carbocycles. The SMILES string of the molecule is O=C(CCCc1ccc(Cl)cc1)NCC1CCc2c(ncn2C(c2ccccc2)(c2ccccc2)c2ccccc2)C1.O=C(CCCc1ccc(Cl)cc1)NCC1CCc2ncn(C(c3ccccc3)(c3ccccc3)c3ccccc3)c2C1. The average Bonchev–Trinajstić information content (AvgIpc) is 1.52. The zero-order valence-electron chi connectivity index (χ0n) is 47.5. The molecule has 84 heavy (non-hydrogen) atoms. The number of hydrogen-bond donors (Lipinski definition) is 2. The van der Waals surface area contributed by atoms with Crippen molar-refractivity contribution in [1.82, 2.24) is 29.7 Å². The normalized spacial score (nSPS) is 14.7. The Balaban J connectivity index is 0.000000175. The summed E-state index contributed by atoms with van der Waals surface area (Å²) in [4.78, 5) is 35.4. The zero-order chi connectivity index (χ0) is 57.6. The molecule has 0 fully saturated rings. The maximum absolute atomic E-state index is 12.8. The first kappa shape index (κ1) is 57.5. The highest BCUT2D eigenvalue weighted by atomic mass is 35.5. The van der Waals surface area contributed by atoms with Crippen molar-refractivity contribution in [3.8, 4) is 0 Å². The highest BCUT2D eigenvalue weighted by Crippen LogP contribution is 2.45. The van der Waals surface area contributed by atoms with Gasteiger partial charge in [0.15, 0.2) is 0 Å². The molecule has 2 atom stereocenters. The largest absolute Gasteiger partial charge is 0.356 e. The van der Waals surface area contributed by atoms with E-state index in [1.807, 2.05) is 61.2 Å². The molecule has 0 saturated heterocycles. The Kier molecular flexibility index (Phi) is 18.8. The zero-order valence-corrected chi connectivity index (χ0v) is 49.0. The van der Waals surface area contributed by atoms with Crippen LogP contribution in [0.2, 0.25) is 10.0 Å². The van der Waals surface area contributed by atoms with Gasteiger partial charge >= 0.3 is 0 Å². The third-order valence-corrected chi connectivity index (χ3v) is 17.6. The number of aromatic nitrogens is 4. The summed E-state index contributed by atoms with van der Waals surface area (Å²) in [6.07, 6.45) is 14.1. The summed E-state index contributed by atoms with van der Waals surface area (Å²) in [5, 5.41) is 7.91. The van der Waals surface area contributed by atoms with Gasteiger partial charge in [0.1, 0.15) is 11.1 Å². The van der Waals surface area contributed by atoms with E-state index in [0.29, 0.717) is 37.8 Å². The van der Waals surface area contributed by atoms with Gasteiger partial charge in [-0.25, -0.2) is 9.97 Å². The van der Waals surface area contributed by atoms with Crippen molar-refractivity contribution >= 4 is 35.0 Å². The topological polar surface area (TPSA) is 93.8 Å². The summed E-state index contributed by atoms with van der Waals surface area (Å²) >= 11 is 12.0.